The van der Waals surface area contributed by atoms with Crippen LogP contribution in [0.1, 0.15) is 42.1 Å². The van der Waals surface area contributed by atoms with Crippen LogP contribution in [0.2, 0.25) is 0 Å². The maximum Gasteiger partial charge on any atom is 0.308 e. The van der Waals surface area contributed by atoms with E-state index in [4.69, 9.17) is 9.47 Å². The van der Waals surface area contributed by atoms with Crippen molar-refractivity contribution in [2.24, 2.45) is 0 Å². The molecule has 2 aromatic rings. The summed E-state index contributed by atoms with van der Waals surface area (Å²) < 4.78 is 10.7. The van der Waals surface area contributed by atoms with E-state index in [1.165, 1.54) is 24.0 Å². The number of imide groups is 1. The lowest BCUT2D eigenvalue weighted by molar-refractivity contribution is -0.132. The van der Waals surface area contributed by atoms with Gasteiger partial charge in [0, 0.05) is 25.6 Å². The summed E-state index contributed by atoms with van der Waals surface area (Å²) in [5, 5.41) is 0. The molecule has 4 rings (SSSR count). The fourth-order valence-corrected chi connectivity index (χ4v) is 4.26. The van der Waals surface area contributed by atoms with Gasteiger partial charge >= 0.3 is 5.97 Å². The van der Waals surface area contributed by atoms with Gasteiger partial charge in [-0.15, -0.1) is 0 Å². The number of benzene rings is 2. The summed E-state index contributed by atoms with van der Waals surface area (Å²) in [4.78, 5) is 53.4. The average molecular weight is 450 g/mol. The SMILES string of the molecule is CC(=O)Oc1ccc(N2C(=O)CC(N(CC3CCCO3)C(=O)c3cccc(C)c3)C2=O)cc1. The topological polar surface area (TPSA) is 93.2 Å². The number of carbonyl (C=O) groups is 4. The Bertz CT molecular complexity index is 1070. The lowest BCUT2D eigenvalue weighted by Crippen LogP contribution is -2.48. The zero-order chi connectivity index (χ0) is 23.5. The fourth-order valence-electron chi connectivity index (χ4n) is 4.26. The highest BCUT2D eigenvalue weighted by Crippen LogP contribution is 2.29. The molecule has 0 aliphatic carbocycles. The summed E-state index contributed by atoms with van der Waals surface area (Å²) in [5.41, 5.74) is 1.77. The predicted octanol–water partition coefficient (Wildman–Crippen LogP) is 2.87. The van der Waals surface area contributed by atoms with Crippen molar-refractivity contribution in [2.45, 2.75) is 45.3 Å². The smallest absolute Gasteiger partial charge is 0.308 e. The van der Waals surface area contributed by atoms with Gasteiger partial charge in [0.2, 0.25) is 5.91 Å². The Hall–Kier alpha value is -3.52. The van der Waals surface area contributed by atoms with Crippen molar-refractivity contribution in [1.29, 1.82) is 0 Å². The van der Waals surface area contributed by atoms with Crippen LogP contribution in [0.25, 0.3) is 0 Å². The van der Waals surface area contributed by atoms with Crippen molar-refractivity contribution in [1.82, 2.24) is 4.90 Å². The van der Waals surface area contributed by atoms with Crippen LogP contribution in [0, 0.1) is 6.92 Å². The Kier molecular flexibility index (Phi) is 6.55. The normalized spacial score (nSPS) is 20.2. The molecule has 3 amide bonds. The standard InChI is InChI=1S/C25H26N2O6/c1-16-5-3-6-18(13-16)24(30)26(15-21-7-4-12-32-21)22-14-23(29)27(25(22)31)19-8-10-20(11-9-19)33-17(2)28/h3,5-6,8-11,13,21-22H,4,7,12,14-15H2,1-2H3. The van der Waals surface area contributed by atoms with Gasteiger partial charge in [0.1, 0.15) is 11.8 Å². The van der Waals surface area contributed by atoms with E-state index in [1.54, 1.807) is 30.3 Å². The molecule has 2 aliphatic rings. The molecule has 8 heteroatoms. The van der Waals surface area contributed by atoms with E-state index < -0.39 is 17.9 Å². The minimum atomic E-state index is -0.914. The molecule has 2 atom stereocenters. The van der Waals surface area contributed by atoms with Gasteiger partial charge in [-0.1, -0.05) is 17.7 Å². The molecule has 2 saturated heterocycles. The Morgan fingerprint density at radius 2 is 1.91 bits per heavy atom. The van der Waals surface area contributed by atoms with Crippen LogP contribution in [0.4, 0.5) is 5.69 Å². The average Bonchev–Trinajstić information content (AvgIpc) is 3.39. The zero-order valence-corrected chi connectivity index (χ0v) is 18.7. The number of esters is 1. The second-order valence-electron chi connectivity index (χ2n) is 8.34. The molecule has 2 heterocycles. The van der Waals surface area contributed by atoms with Crippen LogP contribution in [-0.2, 0) is 19.1 Å². The Morgan fingerprint density at radius 3 is 2.55 bits per heavy atom. The largest absolute Gasteiger partial charge is 0.427 e. The molecule has 0 spiro atoms. The first kappa shape index (κ1) is 22.7. The molecule has 172 valence electrons. The number of ether oxygens (including phenoxy) is 2. The Labute approximate surface area is 192 Å². The molecule has 2 unspecified atom stereocenters. The Morgan fingerprint density at radius 1 is 1.15 bits per heavy atom. The molecule has 0 N–H and O–H groups in total. The van der Waals surface area contributed by atoms with Gasteiger partial charge in [0.25, 0.3) is 11.8 Å². The van der Waals surface area contributed by atoms with Crippen LogP contribution in [0.5, 0.6) is 5.75 Å². The van der Waals surface area contributed by atoms with E-state index in [1.807, 2.05) is 13.0 Å². The lowest BCUT2D eigenvalue weighted by atomic mass is 10.1. The summed E-state index contributed by atoms with van der Waals surface area (Å²) >= 11 is 0. The fraction of sp³-hybridized carbons (Fsp3) is 0.360. The van der Waals surface area contributed by atoms with Crippen molar-refractivity contribution in [3.8, 4) is 5.75 Å². The summed E-state index contributed by atoms with van der Waals surface area (Å²) in [6.07, 6.45) is 1.43. The molecule has 0 saturated carbocycles. The van der Waals surface area contributed by atoms with Gasteiger partial charge in [-0.05, 0) is 56.2 Å². The van der Waals surface area contributed by atoms with Gasteiger partial charge in [-0.3, -0.25) is 19.2 Å². The molecule has 8 nitrogen and oxygen atoms in total. The third-order valence-electron chi connectivity index (χ3n) is 5.81. The highest BCUT2D eigenvalue weighted by Gasteiger charge is 2.45. The second kappa shape index (κ2) is 9.54. The van der Waals surface area contributed by atoms with E-state index in [0.717, 1.165) is 23.3 Å². The van der Waals surface area contributed by atoms with Crippen molar-refractivity contribution in [2.75, 3.05) is 18.1 Å². The number of amides is 3. The molecule has 2 fully saturated rings. The Balaban J connectivity index is 1.60. The van der Waals surface area contributed by atoms with Gasteiger partial charge in [0.15, 0.2) is 0 Å². The minimum Gasteiger partial charge on any atom is -0.427 e. The highest BCUT2D eigenvalue weighted by atomic mass is 16.5. The van der Waals surface area contributed by atoms with E-state index in [0.29, 0.717) is 23.6 Å². The van der Waals surface area contributed by atoms with Crippen LogP contribution < -0.4 is 9.64 Å². The van der Waals surface area contributed by atoms with Gasteiger partial charge in [-0.2, -0.15) is 0 Å². The van der Waals surface area contributed by atoms with Crippen LogP contribution in [0.3, 0.4) is 0 Å². The van der Waals surface area contributed by atoms with Crippen LogP contribution >= 0.6 is 0 Å². The third kappa shape index (κ3) is 4.96. The predicted molar refractivity (Wildman–Crippen MR) is 120 cm³/mol. The first-order valence-electron chi connectivity index (χ1n) is 11.0. The first-order valence-corrected chi connectivity index (χ1v) is 11.0. The molecule has 2 aliphatic heterocycles. The number of hydrogen-bond acceptors (Lipinski definition) is 6. The maximum absolute atomic E-state index is 13.5. The molecule has 33 heavy (non-hydrogen) atoms. The lowest BCUT2D eigenvalue weighted by Gasteiger charge is -2.30. The van der Waals surface area contributed by atoms with Crippen LogP contribution in [-0.4, -0.2) is 53.9 Å². The van der Waals surface area contributed by atoms with Gasteiger partial charge in [-0.25, -0.2) is 4.90 Å². The molecule has 0 radical (unpaired) electrons. The molecular weight excluding hydrogens is 424 g/mol. The zero-order valence-electron chi connectivity index (χ0n) is 18.7. The number of rotatable bonds is 6. The monoisotopic (exact) mass is 450 g/mol. The molecule has 0 bridgehead atoms. The third-order valence-corrected chi connectivity index (χ3v) is 5.81. The van der Waals surface area contributed by atoms with Crippen molar-refractivity contribution < 1.29 is 28.7 Å². The molecular formula is C25H26N2O6. The van der Waals surface area contributed by atoms with E-state index in [9.17, 15) is 19.2 Å². The number of aryl methyl sites for hydroxylation is 1. The maximum atomic E-state index is 13.5. The summed E-state index contributed by atoms with van der Waals surface area (Å²) in [6.45, 7) is 4.05. The summed E-state index contributed by atoms with van der Waals surface area (Å²) in [6, 6.07) is 12.4. The van der Waals surface area contributed by atoms with Gasteiger partial charge < -0.3 is 14.4 Å². The summed E-state index contributed by atoms with van der Waals surface area (Å²) in [5.74, 6) is -1.29. The number of hydrogen-bond donors (Lipinski definition) is 0. The summed E-state index contributed by atoms with van der Waals surface area (Å²) in [7, 11) is 0. The minimum absolute atomic E-state index is 0.102. The molecule has 0 aromatic heterocycles. The van der Waals surface area contributed by atoms with Crippen molar-refractivity contribution >= 4 is 29.4 Å². The van der Waals surface area contributed by atoms with E-state index in [2.05, 4.69) is 0 Å². The number of carbonyl (C=O) groups excluding carboxylic acids is 4. The van der Waals surface area contributed by atoms with Crippen LogP contribution in [0.15, 0.2) is 48.5 Å². The quantitative estimate of drug-likeness (QED) is 0.382. The number of nitrogens with zero attached hydrogens (tertiary/aromatic N) is 2. The highest BCUT2D eigenvalue weighted by molar-refractivity contribution is 6.23. The molecule has 2 aromatic carbocycles. The van der Waals surface area contributed by atoms with Crippen molar-refractivity contribution in [3.63, 3.8) is 0 Å². The van der Waals surface area contributed by atoms with Crippen molar-refractivity contribution in [3.05, 3.63) is 59.7 Å². The van der Waals surface area contributed by atoms with Gasteiger partial charge in [0.05, 0.1) is 18.2 Å². The van der Waals surface area contributed by atoms with E-state index >= 15 is 0 Å². The van der Waals surface area contributed by atoms with E-state index in [-0.39, 0.29) is 30.9 Å². The number of anilines is 1. The first-order chi connectivity index (χ1) is 15.8. The second-order valence-corrected chi connectivity index (χ2v) is 8.34.